The van der Waals surface area contributed by atoms with Crippen LogP contribution in [0, 0.1) is 0 Å². The van der Waals surface area contributed by atoms with Crippen LogP contribution in [0.4, 0.5) is 43.9 Å². The van der Waals surface area contributed by atoms with Crippen LogP contribution in [-0.4, -0.2) is 34.9 Å². The topological polar surface area (TPSA) is 20.2 Å². The maximum Gasteiger partial charge on any atom is 0.423 e. The lowest BCUT2D eigenvalue weighted by atomic mass is 9.94. The van der Waals surface area contributed by atoms with E-state index in [1.54, 1.807) is 0 Å². The first-order chi connectivity index (χ1) is 9.06. The van der Waals surface area contributed by atoms with Gasteiger partial charge in [-0.3, -0.25) is 0 Å². The van der Waals surface area contributed by atoms with E-state index < -0.39 is 42.6 Å². The van der Waals surface area contributed by atoms with Crippen molar-refractivity contribution in [3.63, 3.8) is 0 Å². The molecular weight excluding hydrogens is 326 g/mol. The molecule has 0 bridgehead atoms. The fourth-order valence-electron chi connectivity index (χ4n) is 1.37. The van der Waals surface area contributed by atoms with E-state index in [0.29, 0.717) is 0 Å². The Morgan fingerprint density at radius 2 is 1.10 bits per heavy atom. The third-order valence-electron chi connectivity index (χ3n) is 2.72. The van der Waals surface area contributed by atoms with Gasteiger partial charge >= 0.3 is 29.8 Å². The molecule has 0 aromatic rings. The average Bonchev–Trinajstić information content (AvgIpc) is 2.26. The van der Waals surface area contributed by atoms with E-state index in [2.05, 4.69) is 0 Å². The minimum atomic E-state index is -7.16. The summed E-state index contributed by atoms with van der Waals surface area (Å²) in [5.41, 5.74) is 0. The lowest BCUT2D eigenvalue weighted by Crippen LogP contribution is -2.67. The molecule has 0 saturated heterocycles. The number of hydrogen-bond acceptors (Lipinski definition) is 1. The Morgan fingerprint density at radius 3 is 1.43 bits per heavy atom. The Kier molecular flexibility index (Phi) is 5.60. The Balaban J connectivity index is 5.55. The van der Waals surface area contributed by atoms with Crippen molar-refractivity contribution in [2.75, 3.05) is 0 Å². The molecule has 0 fully saturated rings. The van der Waals surface area contributed by atoms with Crippen LogP contribution in [0.2, 0.25) is 0 Å². The third kappa shape index (κ3) is 3.37. The number of hydrogen-bond donors (Lipinski definition) is 1. The van der Waals surface area contributed by atoms with Crippen molar-refractivity contribution in [1.29, 1.82) is 0 Å². The second-order valence-corrected chi connectivity index (χ2v) is 4.43. The van der Waals surface area contributed by atoms with E-state index in [1.165, 1.54) is 6.92 Å². The number of rotatable bonds is 8. The average molecular weight is 338 g/mol. The minimum Gasteiger partial charge on any atom is -0.331 e. The van der Waals surface area contributed by atoms with Crippen molar-refractivity contribution < 1.29 is 49.0 Å². The van der Waals surface area contributed by atoms with E-state index in [-0.39, 0.29) is 12.8 Å². The van der Waals surface area contributed by atoms with Gasteiger partial charge in [-0.1, -0.05) is 19.8 Å². The molecule has 0 aliphatic carbocycles. The van der Waals surface area contributed by atoms with Crippen LogP contribution in [-0.2, 0) is 0 Å². The first kappa shape index (κ1) is 20.3. The maximum atomic E-state index is 13.0. The zero-order valence-corrected chi connectivity index (χ0v) is 10.6. The van der Waals surface area contributed by atoms with Gasteiger partial charge in [0, 0.05) is 6.42 Å². The van der Waals surface area contributed by atoms with Crippen molar-refractivity contribution in [1.82, 2.24) is 0 Å². The Morgan fingerprint density at radius 1 is 0.667 bits per heavy atom. The predicted octanol–water partition coefficient (Wildman–Crippen LogP) is 4.69. The third-order valence-corrected chi connectivity index (χ3v) is 2.72. The lowest BCUT2D eigenvalue weighted by Gasteiger charge is -2.37. The van der Waals surface area contributed by atoms with Crippen LogP contribution >= 0.6 is 0 Å². The van der Waals surface area contributed by atoms with Gasteiger partial charge in [-0.15, -0.1) is 0 Å². The standard InChI is InChI=1S/C10H12F10O/c1-2-3-4-5-6(11,12)7(13,14)8(15,16)9(17,18)10(19,20)21/h21H,2-5H2,1H3. The second-order valence-electron chi connectivity index (χ2n) is 4.43. The van der Waals surface area contributed by atoms with Crippen molar-refractivity contribution in [2.24, 2.45) is 0 Å². The number of unbranched alkanes of at least 4 members (excludes halogenated alkanes) is 2. The SMILES string of the molecule is CCCCCC(F)(F)C(F)(F)C(F)(F)C(F)(F)C(O)(F)F. The summed E-state index contributed by atoms with van der Waals surface area (Å²) in [5, 5.41) is 7.58. The smallest absolute Gasteiger partial charge is 0.331 e. The van der Waals surface area contributed by atoms with Gasteiger partial charge in [-0.2, -0.15) is 43.9 Å². The summed E-state index contributed by atoms with van der Waals surface area (Å²) in [6.45, 7) is 1.46. The lowest BCUT2D eigenvalue weighted by molar-refractivity contribution is -0.437. The van der Waals surface area contributed by atoms with Crippen LogP contribution in [0.5, 0.6) is 0 Å². The predicted molar refractivity (Wildman–Crippen MR) is 51.1 cm³/mol. The summed E-state index contributed by atoms with van der Waals surface area (Å²) < 4.78 is 127. The Hall–Kier alpha value is -0.740. The quantitative estimate of drug-likeness (QED) is 0.503. The summed E-state index contributed by atoms with van der Waals surface area (Å²) in [6, 6.07) is 0. The van der Waals surface area contributed by atoms with Crippen molar-refractivity contribution in [3.05, 3.63) is 0 Å². The molecule has 11 heteroatoms. The molecule has 0 aliphatic rings. The van der Waals surface area contributed by atoms with Crippen LogP contribution in [0.3, 0.4) is 0 Å². The normalized spacial score (nSPS) is 15.4. The highest BCUT2D eigenvalue weighted by molar-refractivity contribution is 5.05. The molecule has 0 rings (SSSR count). The van der Waals surface area contributed by atoms with Gasteiger partial charge in [0.05, 0.1) is 0 Å². The van der Waals surface area contributed by atoms with E-state index in [1.807, 2.05) is 0 Å². The van der Waals surface area contributed by atoms with E-state index in [9.17, 15) is 43.9 Å². The number of aliphatic hydroxyl groups is 1. The summed E-state index contributed by atoms with van der Waals surface area (Å²) in [6.07, 6.45) is -9.03. The first-order valence-corrected chi connectivity index (χ1v) is 5.67. The number of halogens is 10. The van der Waals surface area contributed by atoms with Gasteiger partial charge in [0.15, 0.2) is 0 Å². The molecule has 0 aromatic heterocycles. The molecule has 0 aromatic carbocycles. The molecule has 0 saturated carbocycles. The molecule has 128 valence electrons. The summed E-state index contributed by atoms with van der Waals surface area (Å²) in [7, 11) is 0. The molecular formula is C10H12F10O. The van der Waals surface area contributed by atoms with Gasteiger partial charge in [0.25, 0.3) is 0 Å². The van der Waals surface area contributed by atoms with E-state index in [0.717, 1.165) is 0 Å². The fraction of sp³-hybridized carbons (Fsp3) is 1.00. The monoisotopic (exact) mass is 338 g/mol. The maximum absolute atomic E-state index is 13.0. The molecule has 0 spiro atoms. The summed E-state index contributed by atoms with van der Waals surface area (Å²) in [4.78, 5) is 0. The van der Waals surface area contributed by atoms with Gasteiger partial charge in [0.2, 0.25) is 0 Å². The van der Waals surface area contributed by atoms with Gasteiger partial charge in [0.1, 0.15) is 0 Å². The van der Waals surface area contributed by atoms with Crippen LogP contribution in [0.25, 0.3) is 0 Å². The van der Waals surface area contributed by atoms with E-state index >= 15 is 0 Å². The molecule has 0 radical (unpaired) electrons. The molecule has 1 N–H and O–H groups in total. The minimum absolute atomic E-state index is 0.0796. The molecule has 0 heterocycles. The highest BCUT2D eigenvalue weighted by Crippen LogP contribution is 2.57. The summed E-state index contributed by atoms with van der Waals surface area (Å²) >= 11 is 0. The summed E-state index contributed by atoms with van der Waals surface area (Å²) in [5.74, 6) is -26.7. The number of alkyl halides is 10. The van der Waals surface area contributed by atoms with Crippen LogP contribution in [0.1, 0.15) is 32.6 Å². The fourth-order valence-corrected chi connectivity index (χ4v) is 1.37. The Labute approximate surface area is 112 Å². The molecule has 1 nitrogen and oxygen atoms in total. The highest BCUT2D eigenvalue weighted by atomic mass is 19.4. The largest absolute Gasteiger partial charge is 0.423 e. The zero-order chi connectivity index (χ0) is 17.3. The van der Waals surface area contributed by atoms with Gasteiger partial charge in [-0.25, -0.2) is 0 Å². The Bertz CT molecular complexity index is 346. The van der Waals surface area contributed by atoms with Crippen molar-refractivity contribution in [2.45, 2.75) is 62.4 Å². The van der Waals surface area contributed by atoms with Gasteiger partial charge < -0.3 is 5.11 Å². The zero-order valence-electron chi connectivity index (χ0n) is 10.6. The molecule has 0 aliphatic heterocycles. The second kappa shape index (κ2) is 5.81. The van der Waals surface area contributed by atoms with Gasteiger partial charge in [-0.05, 0) is 6.42 Å². The molecule has 21 heavy (non-hydrogen) atoms. The molecule has 0 atom stereocenters. The first-order valence-electron chi connectivity index (χ1n) is 5.67. The van der Waals surface area contributed by atoms with Crippen LogP contribution in [0.15, 0.2) is 0 Å². The molecule has 0 unspecified atom stereocenters. The highest BCUT2D eigenvalue weighted by Gasteiger charge is 2.86. The van der Waals surface area contributed by atoms with Crippen LogP contribution < -0.4 is 0 Å². The van der Waals surface area contributed by atoms with Crippen molar-refractivity contribution >= 4 is 0 Å². The van der Waals surface area contributed by atoms with Crippen molar-refractivity contribution in [3.8, 4) is 0 Å². The molecule has 0 amide bonds. The van der Waals surface area contributed by atoms with E-state index in [4.69, 9.17) is 5.11 Å².